The molecule has 3 atom stereocenters. The van der Waals surface area contributed by atoms with Crippen molar-refractivity contribution in [1.29, 1.82) is 0 Å². The molecule has 5 heteroatoms. The van der Waals surface area contributed by atoms with Crippen molar-refractivity contribution < 1.29 is 9.18 Å². The highest BCUT2D eigenvalue weighted by Crippen LogP contribution is 2.43. The predicted molar refractivity (Wildman–Crippen MR) is 85.1 cm³/mol. The van der Waals surface area contributed by atoms with E-state index in [1.54, 1.807) is 12.1 Å². The van der Waals surface area contributed by atoms with E-state index >= 15 is 0 Å². The molecule has 0 spiro atoms. The molecule has 23 heavy (non-hydrogen) atoms. The van der Waals surface area contributed by atoms with Crippen molar-refractivity contribution >= 4 is 6.41 Å². The van der Waals surface area contributed by atoms with Crippen LogP contribution in [0.25, 0.3) is 11.3 Å². The van der Waals surface area contributed by atoms with Gasteiger partial charge < -0.3 is 4.90 Å². The van der Waals surface area contributed by atoms with Crippen molar-refractivity contribution in [2.45, 2.75) is 44.3 Å². The van der Waals surface area contributed by atoms with Crippen molar-refractivity contribution in [1.82, 2.24) is 14.7 Å². The lowest BCUT2D eigenvalue weighted by molar-refractivity contribution is -0.121. The Kier molecular flexibility index (Phi) is 3.63. The minimum absolute atomic E-state index is 0.228. The van der Waals surface area contributed by atoms with E-state index in [0.717, 1.165) is 43.0 Å². The zero-order valence-electron chi connectivity index (χ0n) is 12.9. The molecule has 2 unspecified atom stereocenters. The van der Waals surface area contributed by atoms with Crippen molar-refractivity contribution in [2.75, 3.05) is 0 Å². The second-order valence-corrected chi connectivity index (χ2v) is 6.63. The number of benzene rings is 1. The minimum Gasteiger partial charge on any atom is -0.337 e. The number of carbonyl (C=O) groups is 1. The third kappa shape index (κ3) is 2.87. The van der Waals surface area contributed by atoms with Crippen LogP contribution in [0.1, 0.15) is 25.7 Å². The van der Waals surface area contributed by atoms with Gasteiger partial charge in [0.15, 0.2) is 0 Å². The first-order valence-electron chi connectivity index (χ1n) is 8.27. The Morgan fingerprint density at radius 2 is 2.04 bits per heavy atom. The molecule has 0 bridgehead atoms. The monoisotopic (exact) mass is 313 g/mol. The van der Waals surface area contributed by atoms with Gasteiger partial charge in [-0.3, -0.25) is 9.48 Å². The Bertz CT molecular complexity index is 697. The molecule has 2 fully saturated rings. The molecule has 1 aliphatic heterocycles. The molecule has 1 aromatic heterocycles. The topological polar surface area (TPSA) is 38.1 Å². The summed E-state index contributed by atoms with van der Waals surface area (Å²) in [5, 5.41) is 4.59. The number of fused-ring (bicyclic) bond motifs is 1. The maximum absolute atomic E-state index is 13.0. The van der Waals surface area contributed by atoms with Crippen molar-refractivity contribution in [3.8, 4) is 11.3 Å². The number of hydrogen-bond donors (Lipinski definition) is 0. The lowest BCUT2D eigenvalue weighted by Crippen LogP contribution is -2.38. The first kappa shape index (κ1) is 14.4. The van der Waals surface area contributed by atoms with E-state index in [1.807, 2.05) is 21.8 Å². The molecule has 4 rings (SSSR count). The van der Waals surface area contributed by atoms with Crippen LogP contribution in [0.5, 0.6) is 0 Å². The van der Waals surface area contributed by atoms with Crippen LogP contribution in [-0.4, -0.2) is 33.2 Å². The minimum atomic E-state index is -0.243. The van der Waals surface area contributed by atoms with E-state index in [1.165, 1.54) is 25.0 Å². The summed E-state index contributed by atoms with van der Waals surface area (Å²) < 4.78 is 14.9. The first-order chi connectivity index (χ1) is 11.2. The molecule has 2 aromatic rings. The molecule has 1 aliphatic carbocycles. The Morgan fingerprint density at radius 3 is 2.83 bits per heavy atom. The summed E-state index contributed by atoms with van der Waals surface area (Å²) in [5.41, 5.74) is 1.74. The van der Waals surface area contributed by atoms with Gasteiger partial charge in [-0.15, -0.1) is 0 Å². The number of amides is 1. The summed E-state index contributed by atoms with van der Waals surface area (Å²) in [7, 11) is 0. The standard InChI is InChI=1S/C18H20FN3O/c19-15-6-4-13(5-7-15)17-8-9-21(20-17)11-16-3-1-2-14-10-18(14)22(16)12-23/h4-9,12,14,16,18H,1-3,10-11H2/t14-,16?,18?/m1/s1. The van der Waals surface area contributed by atoms with E-state index in [9.17, 15) is 9.18 Å². The number of likely N-dealkylation sites (tertiary alicyclic amines) is 1. The fourth-order valence-electron chi connectivity index (χ4n) is 3.75. The Balaban J connectivity index is 1.50. The number of carbonyl (C=O) groups excluding carboxylic acids is 1. The molecule has 120 valence electrons. The van der Waals surface area contributed by atoms with Crippen LogP contribution < -0.4 is 0 Å². The molecule has 1 saturated heterocycles. The SMILES string of the molecule is O=CN1C(Cn2ccc(-c3ccc(F)cc3)n2)CCC[C@@H]2CC21. The Labute approximate surface area is 134 Å². The Morgan fingerprint density at radius 1 is 1.22 bits per heavy atom. The summed E-state index contributed by atoms with van der Waals surface area (Å²) in [6.07, 6.45) is 7.59. The molecule has 1 saturated carbocycles. The van der Waals surface area contributed by atoms with Crippen LogP contribution in [0.15, 0.2) is 36.5 Å². The second kappa shape index (κ2) is 5.80. The molecular weight excluding hydrogens is 293 g/mol. The van der Waals surface area contributed by atoms with Crippen molar-refractivity contribution in [3.63, 3.8) is 0 Å². The quantitative estimate of drug-likeness (QED) is 0.814. The van der Waals surface area contributed by atoms with E-state index in [-0.39, 0.29) is 11.9 Å². The van der Waals surface area contributed by atoms with Crippen LogP contribution in [0.4, 0.5) is 4.39 Å². The average Bonchev–Trinajstić information content (AvgIpc) is 3.18. The van der Waals surface area contributed by atoms with E-state index in [4.69, 9.17) is 0 Å². The molecule has 0 radical (unpaired) electrons. The number of nitrogens with zero attached hydrogens (tertiary/aromatic N) is 3. The highest BCUT2D eigenvalue weighted by atomic mass is 19.1. The van der Waals surface area contributed by atoms with Gasteiger partial charge >= 0.3 is 0 Å². The van der Waals surface area contributed by atoms with Gasteiger partial charge in [-0.05, 0) is 55.5 Å². The normalized spacial score (nSPS) is 26.5. The van der Waals surface area contributed by atoms with Crippen LogP contribution in [0, 0.1) is 11.7 Å². The number of hydrogen-bond acceptors (Lipinski definition) is 2. The van der Waals surface area contributed by atoms with Gasteiger partial charge in [0.25, 0.3) is 0 Å². The first-order valence-corrected chi connectivity index (χ1v) is 8.27. The maximum Gasteiger partial charge on any atom is 0.210 e. The molecule has 2 aliphatic rings. The second-order valence-electron chi connectivity index (χ2n) is 6.63. The van der Waals surface area contributed by atoms with Crippen LogP contribution in [0.2, 0.25) is 0 Å². The third-order valence-corrected chi connectivity index (χ3v) is 5.10. The van der Waals surface area contributed by atoms with Gasteiger partial charge in [0.05, 0.1) is 18.3 Å². The van der Waals surface area contributed by atoms with E-state index in [2.05, 4.69) is 5.10 Å². The molecule has 0 N–H and O–H groups in total. The maximum atomic E-state index is 13.0. The molecule has 1 aromatic carbocycles. The zero-order chi connectivity index (χ0) is 15.8. The summed E-state index contributed by atoms with van der Waals surface area (Å²) in [5.74, 6) is 0.477. The molecular formula is C18H20FN3O. The molecule has 2 heterocycles. The highest BCUT2D eigenvalue weighted by molar-refractivity contribution is 5.58. The van der Waals surface area contributed by atoms with Gasteiger partial charge in [0.2, 0.25) is 6.41 Å². The van der Waals surface area contributed by atoms with Crippen LogP contribution in [0.3, 0.4) is 0 Å². The molecule has 4 nitrogen and oxygen atoms in total. The average molecular weight is 313 g/mol. The van der Waals surface area contributed by atoms with Gasteiger partial charge in [0, 0.05) is 17.8 Å². The van der Waals surface area contributed by atoms with Gasteiger partial charge in [-0.25, -0.2) is 4.39 Å². The highest BCUT2D eigenvalue weighted by Gasteiger charge is 2.45. The van der Waals surface area contributed by atoms with E-state index < -0.39 is 0 Å². The number of rotatable bonds is 4. The summed E-state index contributed by atoms with van der Waals surface area (Å²) in [4.78, 5) is 13.5. The largest absolute Gasteiger partial charge is 0.337 e. The smallest absolute Gasteiger partial charge is 0.210 e. The fourth-order valence-corrected chi connectivity index (χ4v) is 3.75. The van der Waals surface area contributed by atoms with Gasteiger partial charge in [-0.2, -0.15) is 5.10 Å². The van der Waals surface area contributed by atoms with Gasteiger partial charge in [-0.1, -0.05) is 6.42 Å². The summed E-state index contributed by atoms with van der Waals surface area (Å²) >= 11 is 0. The van der Waals surface area contributed by atoms with Crippen molar-refractivity contribution in [3.05, 3.63) is 42.3 Å². The third-order valence-electron chi connectivity index (χ3n) is 5.10. The van der Waals surface area contributed by atoms with E-state index in [0.29, 0.717) is 6.04 Å². The Hall–Kier alpha value is -2.17. The zero-order valence-corrected chi connectivity index (χ0v) is 12.9. The summed E-state index contributed by atoms with van der Waals surface area (Å²) in [6.45, 7) is 0.725. The lowest BCUT2D eigenvalue weighted by atomic mass is 10.1. The number of halogens is 1. The lowest BCUT2D eigenvalue weighted by Gasteiger charge is -2.27. The van der Waals surface area contributed by atoms with Crippen LogP contribution >= 0.6 is 0 Å². The van der Waals surface area contributed by atoms with Crippen molar-refractivity contribution in [2.24, 2.45) is 5.92 Å². The van der Waals surface area contributed by atoms with Gasteiger partial charge in [0.1, 0.15) is 5.82 Å². The summed E-state index contributed by atoms with van der Waals surface area (Å²) in [6, 6.07) is 8.98. The predicted octanol–water partition coefficient (Wildman–Crippen LogP) is 3.09. The van der Waals surface area contributed by atoms with Crippen LogP contribution in [-0.2, 0) is 11.3 Å². The molecule has 1 amide bonds. The number of aromatic nitrogens is 2. The fraction of sp³-hybridized carbons (Fsp3) is 0.444.